The van der Waals surface area contributed by atoms with Crippen LogP contribution in [0.1, 0.15) is 41.0 Å². The zero-order valence-corrected chi connectivity index (χ0v) is 9.02. The number of rotatable bonds is 4. The van der Waals surface area contributed by atoms with Crippen LogP contribution in [-0.4, -0.2) is 23.8 Å². The minimum absolute atomic E-state index is 0.232. The molecule has 0 bridgehead atoms. The van der Waals surface area contributed by atoms with Crippen molar-refractivity contribution >= 4 is 0 Å². The van der Waals surface area contributed by atoms with Crippen LogP contribution in [0.5, 0.6) is 0 Å². The number of nitrogens with one attached hydrogen (secondary N) is 1. The van der Waals surface area contributed by atoms with Crippen molar-refractivity contribution in [3.63, 3.8) is 0 Å². The van der Waals surface area contributed by atoms with Gasteiger partial charge in [0.1, 0.15) is 0 Å². The average Bonchev–Trinajstić information content (AvgIpc) is 1.82. The van der Waals surface area contributed by atoms with E-state index in [1.807, 2.05) is 0 Å². The van der Waals surface area contributed by atoms with Crippen LogP contribution in [0.4, 0.5) is 0 Å². The molecular weight excluding hydrogens is 150 g/mol. The second-order valence-electron chi connectivity index (χ2n) is 4.97. The van der Waals surface area contributed by atoms with Gasteiger partial charge in [0.05, 0.1) is 6.61 Å². The van der Waals surface area contributed by atoms with Crippen molar-refractivity contribution in [3.8, 4) is 0 Å². The van der Waals surface area contributed by atoms with Gasteiger partial charge in [-0.15, -0.1) is 0 Å². The molecule has 2 N–H and O–H groups in total. The monoisotopic (exact) mass is 173 g/mol. The number of hydrogen-bond donors (Lipinski definition) is 2. The standard InChI is InChI=1S/C10H23NO/c1-8(2)11-9(7-12)6-10(3,4)5/h8-9,11-12H,6-7H2,1-5H3. The molecule has 0 saturated carbocycles. The van der Waals surface area contributed by atoms with Crippen molar-refractivity contribution in [1.82, 2.24) is 5.32 Å². The van der Waals surface area contributed by atoms with Gasteiger partial charge >= 0.3 is 0 Å². The van der Waals surface area contributed by atoms with Gasteiger partial charge in [0.15, 0.2) is 0 Å². The highest BCUT2D eigenvalue weighted by molar-refractivity contribution is 4.75. The molecule has 0 aromatic rings. The topological polar surface area (TPSA) is 32.3 Å². The van der Waals surface area contributed by atoms with Gasteiger partial charge in [-0.2, -0.15) is 0 Å². The first-order valence-electron chi connectivity index (χ1n) is 4.72. The number of hydrogen-bond acceptors (Lipinski definition) is 2. The van der Waals surface area contributed by atoms with Gasteiger partial charge in [-0.25, -0.2) is 0 Å². The third kappa shape index (κ3) is 6.62. The Morgan fingerprint density at radius 2 is 1.75 bits per heavy atom. The van der Waals surface area contributed by atoms with Crippen molar-refractivity contribution in [2.75, 3.05) is 6.61 Å². The maximum atomic E-state index is 9.08. The van der Waals surface area contributed by atoms with Crippen molar-refractivity contribution in [1.29, 1.82) is 0 Å². The van der Waals surface area contributed by atoms with E-state index in [4.69, 9.17) is 5.11 Å². The fourth-order valence-electron chi connectivity index (χ4n) is 1.39. The summed E-state index contributed by atoms with van der Waals surface area (Å²) in [7, 11) is 0. The predicted octanol–water partition coefficient (Wildman–Crippen LogP) is 1.78. The lowest BCUT2D eigenvalue weighted by Gasteiger charge is -2.26. The van der Waals surface area contributed by atoms with E-state index >= 15 is 0 Å². The van der Waals surface area contributed by atoms with Gasteiger partial charge in [-0.1, -0.05) is 34.6 Å². The van der Waals surface area contributed by atoms with Crippen LogP contribution in [0.2, 0.25) is 0 Å². The lowest BCUT2D eigenvalue weighted by molar-refractivity contribution is 0.192. The molecule has 0 fully saturated rings. The summed E-state index contributed by atoms with van der Waals surface area (Å²) >= 11 is 0. The maximum absolute atomic E-state index is 9.08. The molecule has 0 heterocycles. The van der Waals surface area contributed by atoms with Crippen LogP contribution >= 0.6 is 0 Å². The first-order valence-corrected chi connectivity index (χ1v) is 4.72. The van der Waals surface area contributed by atoms with Crippen LogP contribution in [0.25, 0.3) is 0 Å². The van der Waals surface area contributed by atoms with Gasteiger partial charge in [-0.3, -0.25) is 0 Å². The number of aliphatic hydroxyl groups excluding tert-OH is 1. The molecular formula is C10H23NO. The lowest BCUT2D eigenvalue weighted by Crippen LogP contribution is -2.39. The molecule has 0 aromatic carbocycles. The summed E-state index contributed by atoms with van der Waals surface area (Å²) in [4.78, 5) is 0. The largest absolute Gasteiger partial charge is 0.395 e. The fourth-order valence-corrected chi connectivity index (χ4v) is 1.39. The molecule has 74 valence electrons. The molecule has 0 amide bonds. The average molecular weight is 173 g/mol. The Kier molecular flexibility index (Phi) is 4.80. The summed E-state index contributed by atoms with van der Waals surface area (Å²) in [6.07, 6.45) is 1.02. The van der Waals surface area contributed by atoms with Crippen molar-refractivity contribution in [2.45, 2.75) is 53.1 Å². The van der Waals surface area contributed by atoms with Gasteiger partial charge < -0.3 is 10.4 Å². The molecule has 0 aromatic heterocycles. The predicted molar refractivity (Wildman–Crippen MR) is 53.2 cm³/mol. The summed E-state index contributed by atoms with van der Waals surface area (Å²) in [6.45, 7) is 11.0. The van der Waals surface area contributed by atoms with Crippen LogP contribution in [0.15, 0.2) is 0 Å². The van der Waals surface area contributed by atoms with E-state index < -0.39 is 0 Å². The first kappa shape index (κ1) is 11.9. The Bertz CT molecular complexity index is 115. The number of aliphatic hydroxyl groups is 1. The Balaban J connectivity index is 3.83. The Morgan fingerprint density at radius 3 is 2.00 bits per heavy atom. The quantitative estimate of drug-likeness (QED) is 0.679. The molecule has 0 rings (SSSR count). The van der Waals surface area contributed by atoms with Crippen molar-refractivity contribution in [3.05, 3.63) is 0 Å². The smallest absolute Gasteiger partial charge is 0.0584 e. The van der Waals surface area contributed by atoms with Gasteiger partial charge in [0.2, 0.25) is 0 Å². The molecule has 0 radical (unpaired) electrons. The Hall–Kier alpha value is -0.0800. The molecule has 0 saturated heterocycles. The summed E-state index contributed by atoms with van der Waals surface area (Å²) in [5, 5.41) is 12.4. The molecule has 0 aliphatic carbocycles. The van der Waals surface area contributed by atoms with E-state index in [0.29, 0.717) is 6.04 Å². The third-order valence-corrected chi connectivity index (χ3v) is 1.65. The highest BCUT2D eigenvalue weighted by Gasteiger charge is 2.18. The van der Waals surface area contributed by atoms with E-state index in [1.54, 1.807) is 0 Å². The second kappa shape index (κ2) is 4.83. The van der Waals surface area contributed by atoms with Crippen molar-refractivity contribution < 1.29 is 5.11 Å². The van der Waals surface area contributed by atoms with Crippen LogP contribution in [-0.2, 0) is 0 Å². The summed E-state index contributed by atoms with van der Waals surface area (Å²) in [5.41, 5.74) is 0.287. The molecule has 1 unspecified atom stereocenters. The lowest BCUT2D eigenvalue weighted by atomic mass is 9.88. The van der Waals surface area contributed by atoms with E-state index in [2.05, 4.69) is 39.9 Å². The summed E-state index contributed by atoms with van der Waals surface area (Å²) in [6, 6.07) is 0.689. The molecule has 0 spiro atoms. The van der Waals surface area contributed by atoms with E-state index in [-0.39, 0.29) is 18.1 Å². The van der Waals surface area contributed by atoms with Crippen LogP contribution < -0.4 is 5.32 Å². The summed E-state index contributed by atoms with van der Waals surface area (Å²) < 4.78 is 0. The van der Waals surface area contributed by atoms with Gasteiger partial charge in [-0.05, 0) is 11.8 Å². The van der Waals surface area contributed by atoms with Gasteiger partial charge in [0.25, 0.3) is 0 Å². The van der Waals surface area contributed by atoms with E-state index in [9.17, 15) is 0 Å². The maximum Gasteiger partial charge on any atom is 0.0584 e. The van der Waals surface area contributed by atoms with Gasteiger partial charge in [0, 0.05) is 12.1 Å². The minimum Gasteiger partial charge on any atom is -0.395 e. The molecule has 0 aliphatic heterocycles. The zero-order chi connectivity index (χ0) is 9.78. The van der Waals surface area contributed by atoms with E-state index in [0.717, 1.165) is 6.42 Å². The first-order chi connectivity index (χ1) is 5.35. The van der Waals surface area contributed by atoms with E-state index in [1.165, 1.54) is 0 Å². The highest BCUT2D eigenvalue weighted by Crippen LogP contribution is 2.20. The summed E-state index contributed by atoms with van der Waals surface area (Å²) in [5.74, 6) is 0. The Morgan fingerprint density at radius 1 is 1.25 bits per heavy atom. The molecule has 0 aliphatic rings. The second-order valence-corrected chi connectivity index (χ2v) is 4.97. The Labute approximate surface area is 76.4 Å². The zero-order valence-electron chi connectivity index (χ0n) is 9.02. The fraction of sp³-hybridized carbons (Fsp3) is 1.00. The van der Waals surface area contributed by atoms with Crippen LogP contribution in [0.3, 0.4) is 0 Å². The van der Waals surface area contributed by atoms with Crippen LogP contribution in [0, 0.1) is 5.41 Å². The molecule has 2 nitrogen and oxygen atoms in total. The normalized spacial score (nSPS) is 15.2. The molecule has 1 atom stereocenters. The van der Waals surface area contributed by atoms with Crippen molar-refractivity contribution in [2.24, 2.45) is 5.41 Å². The molecule has 2 heteroatoms. The minimum atomic E-state index is 0.232. The highest BCUT2D eigenvalue weighted by atomic mass is 16.3. The SMILES string of the molecule is CC(C)NC(CO)CC(C)(C)C. The third-order valence-electron chi connectivity index (χ3n) is 1.65. The molecule has 12 heavy (non-hydrogen) atoms.